The first kappa shape index (κ1) is 14.5. The summed E-state index contributed by atoms with van der Waals surface area (Å²) in [5.41, 5.74) is 2.95. The second kappa shape index (κ2) is 6.54. The van der Waals surface area contributed by atoms with Crippen molar-refractivity contribution >= 4 is 46.0 Å². The SMILES string of the molecule is O=C(NC(=S)NCc1cccnc1)c1ccc2nsnc2c1. The van der Waals surface area contributed by atoms with Crippen LogP contribution in [0.5, 0.6) is 0 Å². The van der Waals surface area contributed by atoms with E-state index in [4.69, 9.17) is 12.2 Å². The Morgan fingerprint density at radius 2 is 2.09 bits per heavy atom. The molecule has 0 aliphatic carbocycles. The normalized spacial score (nSPS) is 10.4. The zero-order valence-electron chi connectivity index (χ0n) is 11.3. The Kier molecular flexibility index (Phi) is 4.31. The first-order valence-electron chi connectivity index (χ1n) is 6.43. The van der Waals surface area contributed by atoms with Crippen LogP contribution in [0, 0.1) is 0 Å². The lowest BCUT2D eigenvalue weighted by Crippen LogP contribution is -2.38. The van der Waals surface area contributed by atoms with Crippen molar-refractivity contribution in [2.75, 3.05) is 0 Å². The second-order valence-corrected chi connectivity index (χ2v) is 5.40. The number of amides is 1. The molecule has 0 aliphatic heterocycles. The summed E-state index contributed by atoms with van der Waals surface area (Å²) in [4.78, 5) is 16.1. The molecule has 2 heterocycles. The Morgan fingerprint density at radius 3 is 2.91 bits per heavy atom. The van der Waals surface area contributed by atoms with Crippen molar-refractivity contribution in [3.05, 3.63) is 53.9 Å². The maximum absolute atomic E-state index is 12.1. The molecule has 1 amide bonds. The zero-order chi connectivity index (χ0) is 15.4. The number of nitrogens with one attached hydrogen (secondary N) is 2. The average Bonchev–Trinajstić information content (AvgIpc) is 3.01. The lowest BCUT2D eigenvalue weighted by atomic mass is 10.2. The van der Waals surface area contributed by atoms with Crippen molar-refractivity contribution in [3.63, 3.8) is 0 Å². The number of nitrogens with zero attached hydrogens (tertiary/aromatic N) is 3. The molecule has 2 aromatic heterocycles. The van der Waals surface area contributed by atoms with Gasteiger partial charge in [-0.25, -0.2) is 0 Å². The van der Waals surface area contributed by atoms with E-state index < -0.39 is 0 Å². The Bertz CT molecular complexity index is 818. The van der Waals surface area contributed by atoms with Gasteiger partial charge in [0.1, 0.15) is 11.0 Å². The summed E-state index contributed by atoms with van der Waals surface area (Å²) >= 11 is 6.24. The zero-order valence-corrected chi connectivity index (χ0v) is 12.9. The van der Waals surface area contributed by atoms with Gasteiger partial charge in [-0.3, -0.25) is 15.1 Å². The van der Waals surface area contributed by atoms with E-state index in [1.54, 1.807) is 30.6 Å². The van der Waals surface area contributed by atoms with Crippen LogP contribution in [-0.2, 0) is 6.54 Å². The van der Waals surface area contributed by atoms with Crippen LogP contribution in [0.2, 0.25) is 0 Å². The molecule has 0 radical (unpaired) electrons. The molecule has 0 fully saturated rings. The van der Waals surface area contributed by atoms with Crippen LogP contribution in [0.3, 0.4) is 0 Å². The third-order valence-corrected chi connectivity index (χ3v) is 3.72. The highest BCUT2D eigenvalue weighted by Crippen LogP contribution is 2.13. The summed E-state index contributed by atoms with van der Waals surface area (Å²) in [7, 11) is 0. The number of hydrogen-bond acceptors (Lipinski definition) is 6. The second-order valence-electron chi connectivity index (χ2n) is 4.47. The van der Waals surface area contributed by atoms with Crippen LogP contribution in [0.4, 0.5) is 0 Å². The summed E-state index contributed by atoms with van der Waals surface area (Å²) in [6.07, 6.45) is 3.44. The molecule has 0 spiro atoms. The molecular weight excluding hydrogens is 318 g/mol. The number of rotatable bonds is 3. The number of benzene rings is 1. The molecule has 0 atom stereocenters. The smallest absolute Gasteiger partial charge is 0.257 e. The van der Waals surface area contributed by atoms with Crippen LogP contribution in [0.15, 0.2) is 42.7 Å². The van der Waals surface area contributed by atoms with E-state index in [9.17, 15) is 4.79 Å². The number of fused-ring (bicyclic) bond motifs is 1. The molecule has 22 heavy (non-hydrogen) atoms. The van der Waals surface area contributed by atoms with Crippen LogP contribution < -0.4 is 10.6 Å². The molecule has 0 unspecified atom stereocenters. The number of hydrogen-bond donors (Lipinski definition) is 2. The van der Waals surface area contributed by atoms with Crippen LogP contribution in [-0.4, -0.2) is 24.8 Å². The molecule has 6 nitrogen and oxygen atoms in total. The Balaban J connectivity index is 1.59. The Morgan fingerprint density at radius 1 is 1.23 bits per heavy atom. The van der Waals surface area contributed by atoms with Crippen molar-refractivity contribution in [1.82, 2.24) is 24.4 Å². The minimum Gasteiger partial charge on any atom is -0.358 e. The Labute approximate surface area is 135 Å². The van der Waals surface area contributed by atoms with Gasteiger partial charge < -0.3 is 5.32 Å². The van der Waals surface area contributed by atoms with Gasteiger partial charge >= 0.3 is 0 Å². The third-order valence-electron chi connectivity index (χ3n) is 2.92. The molecule has 3 rings (SSSR count). The van der Waals surface area contributed by atoms with Crippen LogP contribution in [0.25, 0.3) is 11.0 Å². The van der Waals surface area contributed by atoms with Gasteiger partial charge in [0, 0.05) is 24.5 Å². The highest BCUT2D eigenvalue weighted by molar-refractivity contribution is 7.80. The van der Waals surface area contributed by atoms with Crippen LogP contribution >= 0.6 is 23.9 Å². The van der Waals surface area contributed by atoms with E-state index in [0.29, 0.717) is 17.6 Å². The lowest BCUT2D eigenvalue weighted by Gasteiger charge is -2.09. The highest BCUT2D eigenvalue weighted by atomic mass is 32.1. The fourth-order valence-corrected chi connectivity index (χ4v) is 2.51. The predicted octanol–water partition coefficient (Wildman–Crippen LogP) is 1.89. The number of carbonyl (C=O) groups is 1. The third kappa shape index (κ3) is 3.41. The predicted molar refractivity (Wildman–Crippen MR) is 88.6 cm³/mol. The minimum absolute atomic E-state index is 0.269. The number of carbonyl (C=O) groups excluding carboxylic acids is 1. The first-order chi connectivity index (χ1) is 10.7. The lowest BCUT2D eigenvalue weighted by molar-refractivity contribution is 0.0977. The molecule has 2 N–H and O–H groups in total. The van der Waals surface area contributed by atoms with Gasteiger partial charge in [-0.05, 0) is 42.0 Å². The van der Waals surface area contributed by atoms with Crippen molar-refractivity contribution < 1.29 is 4.79 Å². The number of pyridine rings is 1. The van der Waals surface area contributed by atoms with Gasteiger partial charge in [-0.15, -0.1) is 0 Å². The van der Waals surface area contributed by atoms with Gasteiger partial charge in [0.25, 0.3) is 5.91 Å². The van der Waals surface area contributed by atoms with Gasteiger partial charge in [0.05, 0.1) is 11.7 Å². The van der Waals surface area contributed by atoms with E-state index in [2.05, 4.69) is 24.4 Å². The minimum atomic E-state index is -0.279. The molecule has 0 bridgehead atoms. The van der Waals surface area contributed by atoms with E-state index >= 15 is 0 Å². The summed E-state index contributed by atoms with van der Waals surface area (Å²) in [6, 6.07) is 8.92. The highest BCUT2D eigenvalue weighted by Gasteiger charge is 2.09. The molecular formula is C14H11N5OS2. The van der Waals surface area contributed by atoms with E-state index in [0.717, 1.165) is 22.8 Å². The van der Waals surface area contributed by atoms with E-state index in [-0.39, 0.29) is 11.0 Å². The van der Waals surface area contributed by atoms with E-state index in [1.165, 1.54) is 0 Å². The molecule has 110 valence electrons. The molecule has 0 saturated heterocycles. The van der Waals surface area contributed by atoms with Gasteiger partial charge in [-0.2, -0.15) is 8.75 Å². The summed E-state index contributed by atoms with van der Waals surface area (Å²) < 4.78 is 8.21. The first-order valence-corrected chi connectivity index (χ1v) is 7.56. The number of aromatic nitrogens is 3. The molecule has 8 heteroatoms. The fourth-order valence-electron chi connectivity index (χ4n) is 1.83. The van der Waals surface area contributed by atoms with Crippen molar-refractivity contribution in [2.45, 2.75) is 6.54 Å². The largest absolute Gasteiger partial charge is 0.358 e. The van der Waals surface area contributed by atoms with Gasteiger partial charge in [-0.1, -0.05) is 6.07 Å². The van der Waals surface area contributed by atoms with Crippen molar-refractivity contribution in [1.29, 1.82) is 0 Å². The summed E-state index contributed by atoms with van der Waals surface area (Å²) in [6.45, 7) is 0.502. The maximum Gasteiger partial charge on any atom is 0.257 e. The maximum atomic E-state index is 12.1. The van der Waals surface area contributed by atoms with Crippen molar-refractivity contribution in [2.24, 2.45) is 0 Å². The number of thiocarbonyl (C=S) groups is 1. The molecule has 3 aromatic rings. The quantitative estimate of drug-likeness (QED) is 0.714. The van der Waals surface area contributed by atoms with Gasteiger partial charge in [0.2, 0.25) is 0 Å². The van der Waals surface area contributed by atoms with E-state index in [1.807, 2.05) is 12.1 Å². The monoisotopic (exact) mass is 329 g/mol. The Hall–Kier alpha value is -2.45. The molecule has 1 aromatic carbocycles. The average molecular weight is 329 g/mol. The van der Waals surface area contributed by atoms with Crippen LogP contribution in [0.1, 0.15) is 15.9 Å². The topological polar surface area (TPSA) is 79.8 Å². The standard InChI is InChI=1S/C14H11N5OS2/c20-13(10-3-4-11-12(6-10)19-22-18-11)17-14(21)16-8-9-2-1-5-15-7-9/h1-7H,8H2,(H2,16,17,20,21). The summed E-state index contributed by atoms with van der Waals surface area (Å²) in [5, 5.41) is 5.87. The fraction of sp³-hybridized carbons (Fsp3) is 0.0714. The summed E-state index contributed by atoms with van der Waals surface area (Å²) in [5.74, 6) is -0.279. The van der Waals surface area contributed by atoms with Crippen molar-refractivity contribution in [3.8, 4) is 0 Å². The van der Waals surface area contributed by atoms with Gasteiger partial charge in [0.15, 0.2) is 5.11 Å². The molecule has 0 saturated carbocycles. The molecule has 0 aliphatic rings.